The second-order valence-corrected chi connectivity index (χ2v) is 8.29. The maximum absolute atomic E-state index is 12.9. The zero-order valence-electron chi connectivity index (χ0n) is 17.4. The fraction of sp³-hybridized carbons (Fsp3) is 0.250. The van der Waals surface area contributed by atoms with Gasteiger partial charge in [-0.1, -0.05) is 53.5 Å². The highest BCUT2D eigenvalue weighted by molar-refractivity contribution is 6.42. The Hall–Kier alpha value is -2.80. The van der Waals surface area contributed by atoms with Crippen molar-refractivity contribution in [3.63, 3.8) is 0 Å². The lowest BCUT2D eigenvalue weighted by Crippen LogP contribution is -2.49. The molecule has 0 aromatic heterocycles. The van der Waals surface area contributed by atoms with Crippen LogP contribution in [0.2, 0.25) is 10.0 Å². The van der Waals surface area contributed by atoms with Crippen LogP contribution in [0.3, 0.4) is 0 Å². The average Bonchev–Trinajstić information content (AvgIpc) is 3.39. The van der Waals surface area contributed by atoms with E-state index in [1.165, 1.54) is 14.2 Å². The number of benzene rings is 2. The van der Waals surface area contributed by atoms with Crippen molar-refractivity contribution in [1.82, 2.24) is 0 Å². The van der Waals surface area contributed by atoms with E-state index in [1.807, 2.05) is 36.4 Å². The van der Waals surface area contributed by atoms with Crippen LogP contribution in [0.15, 0.2) is 71.8 Å². The number of hydrogen-bond acceptors (Lipinski definition) is 6. The lowest BCUT2D eigenvalue weighted by atomic mass is 9.79. The van der Waals surface area contributed by atoms with Crippen molar-refractivity contribution in [2.24, 2.45) is 0 Å². The highest BCUT2D eigenvalue weighted by atomic mass is 35.5. The van der Waals surface area contributed by atoms with Crippen molar-refractivity contribution in [2.75, 3.05) is 19.5 Å². The standard InChI is InChI=1S/C24H21Cl2NO5/c1-30-22(28)20-18-10-11-24(32-18,21(20)23(29)31-2)19(27-15-6-4-3-5-7-15)13-14-8-9-16(25)17(26)12-14/h3-12,18-19,27H,13H2,1-2H3. The molecule has 0 spiro atoms. The summed E-state index contributed by atoms with van der Waals surface area (Å²) >= 11 is 12.3. The maximum Gasteiger partial charge on any atom is 0.337 e. The number of carbonyl (C=O) groups is 2. The van der Waals surface area contributed by atoms with Gasteiger partial charge in [0, 0.05) is 5.69 Å². The molecule has 0 saturated heterocycles. The molecule has 2 aromatic rings. The topological polar surface area (TPSA) is 73.9 Å². The third kappa shape index (κ3) is 3.90. The van der Waals surface area contributed by atoms with Crippen LogP contribution < -0.4 is 5.32 Å². The van der Waals surface area contributed by atoms with E-state index in [4.69, 9.17) is 37.4 Å². The number of para-hydroxylation sites is 1. The number of ether oxygens (including phenoxy) is 3. The van der Waals surface area contributed by atoms with Gasteiger partial charge in [-0.3, -0.25) is 0 Å². The maximum atomic E-state index is 12.9. The van der Waals surface area contributed by atoms with Crippen molar-refractivity contribution in [2.45, 2.75) is 24.2 Å². The second-order valence-electron chi connectivity index (χ2n) is 7.48. The van der Waals surface area contributed by atoms with Crippen molar-refractivity contribution in [1.29, 1.82) is 0 Å². The van der Waals surface area contributed by atoms with E-state index in [0.717, 1.165) is 11.3 Å². The summed E-state index contributed by atoms with van der Waals surface area (Å²) < 4.78 is 16.3. The molecule has 0 fully saturated rings. The lowest BCUT2D eigenvalue weighted by Gasteiger charge is -2.36. The summed E-state index contributed by atoms with van der Waals surface area (Å²) in [5, 5.41) is 4.33. The van der Waals surface area contributed by atoms with E-state index in [2.05, 4.69) is 5.32 Å². The first kappa shape index (κ1) is 22.4. The highest BCUT2D eigenvalue weighted by Gasteiger charge is 2.58. The molecule has 8 heteroatoms. The van der Waals surface area contributed by atoms with Crippen molar-refractivity contribution in [3.05, 3.63) is 87.4 Å². The number of esters is 2. The molecule has 6 nitrogen and oxygen atoms in total. The van der Waals surface area contributed by atoms with Gasteiger partial charge in [0.1, 0.15) is 11.7 Å². The first-order valence-corrected chi connectivity index (χ1v) is 10.7. The number of carbonyl (C=O) groups excluding carboxylic acids is 2. The molecule has 0 radical (unpaired) electrons. The monoisotopic (exact) mass is 473 g/mol. The molecule has 0 saturated carbocycles. The van der Waals surface area contributed by atoms with E-state index >= 15 is 0 Å². The second kappa shape index (κ2) is 8.98. The number of rotatable bonds is 7. The van der Waals surface area contributed by atoms with E-state index in [9.17, 15) is 9.59 Å². The van der Waals surface area contributed by atoms with Crippen LogP contribution in [0.5, 0.6) is 0 Å². The number of anilines is 1. The van der Waals surface area contributed by atoms with Crippen LogP contribution in [-0.2, 0) is 30.2 Å². The van der Waals surface area contributed by atoms with Gasteiger partial charge in [-0.05, 0) is 42.3 Å². The van der Waals surface area contributed by atoms with Crippen LogP contribution >= 0.6 is 23.2 Å². The van der Waals surface area contributed by atoms with Gasteiger partial charge in [-0.2, -0.15) is 0 Å². The van der Waals surface area contributed by atoms with Gasteiger partial charge in [-0.15, -0.1) is 0 Å². The summed E-state index contributed by atoms with van der Waals surface area (Å²) in [6.45, 7) is 0. The van der Waals surface area contributed by atoms with Gasteiger partial charge < -0.3 is 19.5 Å². The minimum absolute atomic E-state index is 0.132. The number of fused-ring (bicyclic) bond motifs is 2. The van der Waals surface area contributed by atoms with Gasteiger partial charge in [-0.25, -0.2) is 9.59 Å². The van der Waals surface area contributed by atoms with E-state index in [-0.39, 0.29) is 11.1 Å². The third-order valence-electron chi connectivity index (χ3n) is 5.64. The summed E-state index contributed by atoms with van der Waals surface area (Å²) in [6, 6.07) is 14.4. The third-order valence-corrected chi connectivity index (χ3v) is 6.38. The fourth-order valence-electron chi connectivity index (χ4n) is 4.19. The average molecular weight is 474 g/mol. The molecule has 1 N–H and O–H groups in total. The summed E-state index contributed by atoms with van der Waals surface area (Å²) in [4.78, 5) is 25.4. The summed E-state index contributed by atoms with van der Waals surface area (Å²) in [6.07, 6.45) is 3.27. The summed E-state index contributed by atoms with van der Waals surface area (Å²) in [5.41, 5.74) is 0.730. The molecule has 4 rings (SSSR count). The van der Waals surface area contributed by atoms with Crippen LogP contribution in [0.4, 0.5) is 5.69 Å². The van der Waals surface area contributed by atoms with E-state index in [0.29, 0.717) is 16.5 Å². The lowest BCUT2D eigenvalue weighted by molar-refractivity contribution is -0.139. The zero-order valence-corrected chi connectivity index (χ0v) is 18.9. The minimum atomic E-state index is -1.25. The Bertz CT molecular complexity index is 1110. The Kier molecular flexibility index (Phi) is 6.29. The molecular weight excluding hydrogens is 453 g/mol. The Labute approximate surface area is 195 Å². The van der Waals surface area contributed by atoms with Gasteiger partial charge in [0.15, 0.2) is 0 Å². The first-order valence-electron chi connectivity index (χ1n) is 9.93. The van der Waals surface area contributed by atoms with Gasteiger partial charge >= 0.3 is 11.9 Å². The molecular formula is C24H21Cl2NO5. The Morgan fingerprint density at radius 2 is 1.78 bits per heavy atom. The minimum Gasteiger partial charge on any atom is -0.466 e. The van der Waals surface area contributed by atoms with Crippen LogP contribution in [-0.4, -0.2) is 43.9 Å². The van der Waals surface area contributed by atoms with E-state index < -0.39 is 29.7 Å². The zero-order chi connectivity index (χ0) is 22.9. The van der Waals surface area contributed by atoms with E-state index in [1.54, 1.807) is 24.3 Å². The van der Waals surface area contributed by atoms with Gasteiger partial charge in [0.05, 0.1) is 41.5 Å². The Morgan fingerprint density at radius 1 is 1.06 bits per heavy atom. The Morgan fingerprint density at radius 3 is 2.44 bits per heavy atom. The molecule has 2 bridgehead atoms. The van der Waals surface area contributed by atoms with Crippen molar-refractivity contribution in [3.8, 4) is 0 Å². The SMILES string of the molecule is COC(=O)C1=C(C(=O)OC)C2(C(Cc3ccc(Cl)c(Cl)c3)Nc3ccccc3)C=CC1O2. The number of nitrogens with one attached hydrogen (secondary N) is 1. The molecule has 166 valence electrons. The summed E-state index contributed by atoms with van der Waals surface area (Å²) in [7, 11) is 2.54. The molecule has 2 aliphatic heterocycles. The number of methoxy groups -OCH3 is 2. The first-order chi connectivity index (χ1) is 15.4. The van der Waals surface area contributed by atoms with Crippen molar-refractivity contribution >= 4 is 40.8 Å². The predicted octanol–water partition coefficient (Wildman–Crippen LogP) is 4.37. The number of halogens is 2. The van der Waals surface area contributed by atoms with Crippen LogP contribution in [0.1, 0.15) is 5.56 Å². The molecule has 2 heterocycles. The number of hydrogen-bond donors (Lipinski definition) is 1. The van der Waals surface area contributed by atoms with Gasteiger partial charge in [0.2, 0.25) is 0 Å². The molecule has 3 atom stereocenters. The fourth-order valence-corrected chi connectivity index (χ4v) is 4.51. The van der Waals surface area contributed by atoms with Gasteiger partial charge in [0.25, 0.3) is 0 Å². The molecule has 0 aliphatic carbocycles. The largest absolute Gasteiger partial charge is 0.466 e. The normalized spacial score (nSPS) is 22.1. The van der Waals surface area contributed by atoms with Crippen molar-refractivity contribution < 1.29 is 23.8 Å². The molecule has 3 unspecified atom stereocenters. The molecule has 2 aliphatic rings. The smallest absolute Gasteiger partial charge is 0.337 e. The van der Waals surface area contributed by atoms with Crippen LogP contribution in [0.25, 0.3) is 0 Å². The Balaban J connectivity index is 1.82. The predicted molar refractivity (Wildman–Crippen MR) is 122 cm³/mol. The van der Waals surface area contributed by atoms with Crippen LogP contribution in [0, 0.1) is 0 Å². The highest BCUT2D eigenvalue weighted by Crippen LogP contribution is 2.47. The molecule has 2 aromatic carbocycles. The molecule has 32 heavy (non-hydrogen) atoms. The molecule has 0 amide bonds. The summed E-state index contributed by atoms with van der Waals surface area (Å²) in [5.74, 6) is -1.28. The quantitative estimate of drug-likeness (QED) is 0.475.